The Morgan fingerprint density at radius 1 is 1.20 bits per heavy atom. The van der Waals surface area contributed by atoms with Crippen LogP contribution in [0.15, 0.2) is 30.3 Å². The summed E-state index contributed by atoms with van der Waals surface area (Å²) in [7, 11) is 0. The van der Waals surface area contributed by atoms with E-state index in [1.54, 1.807) is 4.90 Å². The Hall–Kier alpha value is -1.84. The molecular weight excluding hydrogens is 252 g/mol. The van der Waals surface area contributed by atoms with E-state index >= 15 is 0 Å². The summed E-state index contributed by atoms with van der Waals surface area (Å²) in [6.07, 6.45) is 2.25. The molecule has 1 aromatic carbocycles. The SMILES string of the molecule is C[C@H](C(=O)N1CCN(C2CC2)C(=O)C1)c1ccccc1. The molecule has 20 heavy (non-hydrogen) atoms. The van der Waals surface area contributed by atoms with Crippen LogP contribution in [0.2, 0.25) is 0 Å². The monoisotopic (exact) mass is 272 g/mol. The van der Waals surface area contributed by atoms with E-state index in [1.165, 1.54) is 0 Å². The number of piperazine rings is 1. The normalized spacial score (nSPS) is 20.9. The lowest BCUT2D eigenvalue weighted by Gasteiger charge is -2.35. The average Bonchev–Trinajstić information content (AvgIpc) is 3.31. The maximum Gasteiger partial charge on any atom is 0.242 e. The minimum Gasteiger partial charge on any atom is -0.336 e. The second kappa shape index (κ2) is 5.27. The van der Waals surface area contributed by atoms with Crippen molar-refractivity contribution >= 4 is 11.8 Å². The number of amides is 2. The maximum absolute atomic E-state index is 12.5. The lowest BCUT2D eigenvalue weighted by atomic mass is 9.99. The number of hydrogen-bond acceptors (Lipinski definition) is 2. The van der Waals surface area contributed by atoms with Crippen molar-refractivity contribution < 1.29 is 9.59 Å². The van der Waals surface area contributed by atoms with E-state index in [4.69, 9.17) is 0 Å². The molecular formula is C16H20N2O2. The fourth-order valence-corrected chi connectivity index (χ4v) is 2.80. The number of rotatable bonds is 3. The Morgan fingerprint density at radius 2 is 1.90 bits per heavy atom. The predicted molar refractivity (Wildman–Crippen MR) is 76.2 cm³/mol. The molecule has 1 atom stereocenters. The summed E-state index contributed by atoms with van der Waals surface area (Å²) in [6.45, 7) is 3.51. The van der Waals surface area contributed by atoms with Gasteiger partial charge in [-0.2, -0.15) is 0 Å². The molecule has 4 heteroatoms. The molecule has 2 fully saturated rings. The van der Waals surface area contributed by atoms with E-state index in [9.17, 15) is 9.59 Å². The second-order valence-corrected chi connectivity index (χ2v) is 5.71. The number of benzene rings is 1. The van der Waals surface area contributed by atoms with E-state index in [1.807, 2.05) is 42.2 Å². The molecule has 0 radical (unpaired) electrons. The Kier molecular flexibility index (Phi) is 3.47. The van der Waals surface area contributed by atoms with Gasteiger partial charge in [-0.25, -0.2) is 0 Å². The van der Waals surface area contributed by atoms with Crippen molar-refractivity contribution in [1.29, 1.82) is 0 Å². The molecule has 4 nitrogen and oxygen atoms in total. The van der Waals surface area contributed by atoms with Gasteiger partial charge < -0.3 is 9.80 Å². The van der Waals surface area contributed by atoms with Crippen molar-refractivity contribution in [3.8, 4) is 0 Å². The van der Waals surface area contributed by atoms with Crippen molar-refractivity contribution in [2.75, 3.05) is 19.6 Å². The molecule has 0 bridgehead atoms. The molecule has 1 aliphatic heterocycles. The summed E-state index contributed by atoms with van der Waals surface area (Å²) in [5, 5.41) is 0. The van der Waals surface area contributed by atoms with E-state index in [0.29, 0.717) is 19.1 Å². The first-order valence-corrected chi connectivity index (χ1v) is 7.30. The third kappa shape index (κ3) is 2.55. The highest BCUT2D eigenvalue weighted by molar-refractivity contribution is 5.89. The van der Waals surface area contributed by atoms with Gasteiger partial charge in [-0.05, 0) is 25.3 Å². The average molecular weight is 272 g/mol. The van der Waals surface area contributed by atoms with Gasteiger partial charge in [0.25, 0.3) is 0 Å². The zero-order valence-corrected chi connectivity index (χ0v) is 11.8. The van der Waals surface area contributed by atoms with Crippen LogP contribution in [-0.2, 0) is 9.59 Å². The van der Waals surface area contributed by atoms with Crippen molar-refractivity contribution in [3.05, 3.63) is 35.9 Å². The topological polar surface area (TPSA) is 40.6 Å². The van der Waals surface area contributed by atoms with Crippen LogP contribution in [0.1, 0.15) is 31.2 Å². The first-order chi connectivity index (χ1) is 9.66. The molecule has 1 aromatic rings. The zero-order chi connectivity index (χ0) is 14.1. The molecule has 0 aromatic heterocycles. The summed E-state index contributed by atoms with van der Waals surface area (Å²) in [5.74, 6) is -0.0242. The Morgan fingerprint density at radius 3 is 2.50 bits per heavy atom. The molecule has 2 amide bonds. The Bertz CT molecular complexity index is 510. The molecule has 1 aliphatic carbocycles. The first kappa shape index (κ1) is 13.2. The Balaban J connectivity index is 1.64. The lowest BCUT2D eigenvalue weighted by molar-refractivity contribution is -0.146. The van der Waals surface area contributed by atoms with Crippen LogP contribution < -0.4 is 0 Å². The van der Waals surface area contributed by atoms with Crippen LogP contribution in [0.4, 0.5) is 0 Å². The molecule has 1 saturated carbocycles. The highest BCUT2D eigenvalue weighted by Gasteiger charge is 2.37. The third-order valence-electron chi connectivity index (χ3n) is 4.23. The van der Waals surface area contributed by atoms with Crippen LogP contribution in [0.5, 0.6) is 0 Å². The van der Waals surface area contributed by atoms with Crippen LogP contribution in [-0.4, -0.2) is 47.3 Å². The van der Waals surface area contributed by atoms with Gasteiger partial charge in [-0.1, -0.05) is 30.3 Å². The highest BCUT2D eigenvalue weighted by atomic mass is 16.2. The number of carbonyl (C=O) groups is 2. The third-order valence-corrected chi connectivity index (χ3v) is 4.23. The van der Waals surface area contributed by atoms with Gasteiger partial charge in [0.05, 0.1) is 12.5 Å². The standard InChI is InChI=1S/C16H20N2O2/c1-12(13-5-3-2-4-6-13)16(20)17-9-10-18(14-7-8-14)15(19)11-17/h2-6,12,14H,7-11H2,1H3/t12-/m0/s1. The van der Waals surface area contributed by atoms with Gasteiger partial charge >= 0.3 is 0 Å². The van der Waals surface area contributed by atoms with Crippen molar-refractivity contribution in [1.82, 2.24) is 9.80 Å². The smallest absolute Gasteiger partial charge is 0.242 e. The zero-order valence-electron chi connectivity index (χ0n) is 11.8. The lowest BCUT2D eigenvalue weighted by Crippen LogP contribution is -2.53. The van der Waals surface area contributed by atoms with Crippen molar-refractivity contribution in [2.24, 2.45) is 0 Å². The summed E-state index contributed by atoms with van der Waals surface area (Å²) < 4.78 is 0. The van der Waals surface area contributed by atoms with Gasteiger partial charge in [0, 0.05) is 19.1 Å². The van der Waals surface area contributed by atoms with E-state index < -0.39 is 0 Å². The summed E-state index contributed by atoms with van der Waals surface area (Å²) >= 11 is 0. The van der Waals surface area contributed by atoms with Gasteiger partial charge in [0.15, 0.2) is 0 Å². The number of hydrogen-bond donors (Lipinski definition) is 0. The summed E-state index contributed by atoms with van der Waals surface area (Å²) in [5.41, 5.74) is 1.01. The summed E-state index contributed by atoms with van der Waals surface area (Å²) in [6, 6.07) is 10.2. The fraction of sp³-hybridized carbons (Fsp3) is 0.500. The van der Waals surface area contributed by atoms with Crippen molar-refractivity contribution in [2.45, 2.75) is 31.7 Å². The van der Waals surface area contributed by atoms with Crippen molar-refractivity contribution in [3.63, 3.8) is 0 Å². The summed E-state index contributed by atoms with van der Waals surface area (Å²) in [4.78, 5) is 28.2. The largest absolute Gasteiger partial charge is 0.336 e. The van der Waals surface area contributed by atoms with Crippen LogP contribution in [0.3, 0.4) is 0 Å². The molecule has 1 saturated heterocycles. The minimum absolute atomic E-state index is 0.0556. The highest BCUT2D eigenvalue weighted by Crippen LogP contribution is 2.28. The minimum atomic E-state index is -0.184. The molecule has 2 aliphatic rings. The molecule has 1 heterocycles. The van der Waals surface area contributed by atoms with Gasteiger partial charge in [-0.15, -0.1) is 0 Å². The number of carbonyl (C=O) groups excluding carboxylic acids is 2. The van der Waals surface area contributed by atoms with Crippen LogP contribution >= 0.6 is 0 Å². The molecule has 3 rings (SSSR count). The van der Waals surface area contributed by atoms with E-state index in [0.717, 1.165) is 18.4 Å². The molecule has 0 N–H and O–H groups in total. The maximum atomic E-state index is 12.5. The Labute approximate surface area is 119 Å². The molecule has 0 unspecified atom stereocenters. The fourth-order valence-electron chi connectivity index (χ4n) is 2.80. The van der Waals surface area contributed by atoms with E-state index in [-0.39, 0.29) is 24.3 Å². The molecule has 106 valence electrons. The molecule has 0 spiro atoms. The van der Waals surface area contributed by atoms with Crippen LogP contribution in [0.25, 0.3) is 0 Å². The van der Waals surface area contributed by atoms with Gasteiger partial charge in [0.1, 0.15) is 0 Å². The van der Waals surface area contributed by atoms with Gasteiger partial charge in [0.2, 0.25) is 11.8 Å². The van der Waals surface area contributed by atoms with Gasteiger partial charge in [-0.3, -0.25) is 9.59 Å². The first-order valence-electron chi connectivity index (χ1n) is 7.30. The predicted octanol–water partition coefficient (Wildman–Crippen LogP) is 1.62. The quantitative estimate of drug-likeness (QED) is 0.839. The second-order valence-electron chi connectivity index (χ2n) is 5.71. The van der Waals surface area contributed by atoms with E-state index in [2.05, 4.69) is 0 Å². The number of nitrogens with zero attached hydrogens (tertiary/aromatic N) is 2. The van der Waals surface area contributed by atoms with Crippen LogP contribution in [0, 0.1) is 0 Å².